The van der Waals surface area contributed by atoms with Crippen molar-refractivity contribution in [3.8, 4) is 0 Å². The number of hydrogen-bond donors (Lipinski definition) is 4. The number of fused-ring (bicyclic) bond motifs is 1. The number of likely N-dealkylation sites (N-methyl/N-ethyl adjacent to an activating group) is 1. The normalized spacial score (nSPS) is 14.2. The zero-order valence-corrected chi connectivity index (χ0v) is 24.0. The monoisotopic (exact) mass is 541 g/mol. The third-order valence-corrected chi connectivity index (χ3v) is 7.58. The highest BCUT2D eigenvalue weighted by molar-refractivity contribution is 6.35. The minimum Gasteiger partial charge on any atom is -0.358 e. The topological polar surface area (TPSA) is 106 Å². The van der Waals surface area contributed by atoms with E-state index in [1.54, 1.807) is 24.3 Å². The highest BCUT2D eigenvalue weighted by Crippen LogP contribution is 2.35. The van der Waals surface area contributed by atoms with Crippen LogP contribution in [0.3, 0.4) is 0 Å². The fraction of sp³-hybridized carbons (Fsp3) is 0.344. The van der Waals surface area contributed by atoms with E-state index in [1.165, 1.54) is 0 Å². The van der Waals surface area contributed by atoms with Crippen molar-refractivity contribution in [2.45, 2.75) is 47.1 Å². The average Bonchev–Trinajstić information content (AvgIpc) is 3.43. The summed E-state index contributed by atoms with van der Waals surface area (Å²) in [5.74, 6) is -0.588. The maximum absolute atomic E-state index is 13.2. The number of aryl methyl sites for hydroxylation is 1. The van der Waals surface area contributed by atoms with Crippen molar-refractivity contribution < 1.29 is 14.4 Å². The van der Waals surface area contributed by atoms with E-state index in [2.05, 4.69) is 39.7 Å². The van der Waals surface area contributed by atoms with Crippen molar-refractivity contribution in [2.75, 3.05) is 31.5 Å². The number of aromatic amines is 1. The Labute approximate surface area is 236 Å². The lowest BCUT2D eigenvalue weighted by atomic mass is 10.0. The van der Waals surface area contributed by atoms with Crippen LogP contribution in [0.5, 0.6) is 0 Å². The summed E-state index contributed by atoms with van der Waals surface area (Å²) < 4.78 is 0. The molecule has 3 aromatic rings. The van der Waals surface area contributed by atoms with Crippen LogP contribution in [-0.2, 0) is 4.79 Å². The van der Waals surface area contributed by atoms with Crippen molar-refractivity contribution in [3.63, 3.8) is 0 Å². The van der Waals surface area contributed by atoms with Crippen LogP contribution < -0.4 is 16.0 Å². The fourth-order valence-corrected chi connectivity index (χ4v) is 5.18. The van der Waals surface area contributed by atoms with Crippen molar-refractivity contribution >= 4 is 35.1 Å². The van der Waals surface area contributed by atoms with E-state index in [4.69, 9.17) is 0 Å². The molecule has 1 aliphatic rings. The van der Waals surface area contributed by atoms with Gasteiger partial charge in [0.25, 0.3) is 17.7 Å². The third kappa shape index (κ3) is 6.18. The first-order valence-electron chi connectivity index (χ1n) is 14.0. The van der Waals surface area contributed by atoms with E-state index in [0.717, 1.165) is 42.9 Å². The molecule has 40 heavy (non-hydrogen) atoms. The van der Waals surface area contributed by atoms with Crippen LogP contribution in [0.1, 0.15) is 82.0 Å². The Balaban J connectivity index is 1.56. The van der Waals surface area contributed by atoms with Gasteiger partial charge in [-0.2, -0.15) is 0 Å². The molecular weight excluding hydrogens is 502 g/mol. The number of amides is 3. The number of benzene rings is 2. The third-order valence-electron chi connectivity index (χ3n) is 7.58. The Morgan fingerprint density at radius 3 is 2.40 bits per heavy atom. The van der Waals surface area contributed by atoms with Crippen LogP contribution in [0.2, 0.25) is 0 Å². The number of hydrogen-bond acceptors (Lipinski definition) is 4. The van der Waals surface area contributed by atoms with Gasteiger partial charge in [0.1, 0.15) is 0 Å². The van der Waals surface area contributed by atoms with Crippen molar-refractivity contribution in [1.82, 2.24) is 20.5 Å². The maximum atomic E-state index is 13.2. The number of H-pyrrole nitrogens is 1. The van der Waals surface area contributed by atoms with E-state index < -0.39 is 0 Å². The molecule has 1 atom stereocenters. The number of nitrogens with zero attached hydrogens (tertiary/aromatic N) is 1. The Hall–Kier alpha value is -4.17. The molecule has 2 heterocycles. The predicted molar refractivity (Wildman–Crippen MR) is 160 cm³/mol. The van der Waals surface area contributed by atoms with E-state index in [-0.39, 0.29) is 23.8 Å². The molecule has 3 amide bonds. The second-order valence-electron chi connectivity index (χ2n) is 10.1. The van der Waals surface area contributed by atoms with Gasteiger partial charge in [-0.05, 0) is 68.8 Å². The van der Waals surface area contributed by atoms with E-state index >= 15 is 0 Å². The molecule has 4 rings (SSSR count). The van der Waals surface area contributed by atoms with Crippen molar-refractivity contribution in [1.29, 1.82) is 0 Å². The van der Waals surface area contributed by atoms with Crippen LogP contribution in [0.15, 0.2) is 48.5 Å². The number of carbonyl (C=O) groups excluding carboxylic acids is 3. The first-order valence-corrected chi connectivity index (χ1v) is 14.0. The van der Waals surface area contributed by atoms with Gasteiger partial charge in [-0.1, -0.05) is 51.1 Å². The van der Waals surface area contributed by atoms with E-state index in [9.17, 15) is 14.4 Å². The number of rotatable bonds is 11. The minimum atomic E-state index is -0.250. The molecule has 0 radical (unpaired) electrons. The average molecular weight is 542 g/mol. The number of anilines is 1. The Bertz CT molecular complexity index is 1420. The Kier molecular flexibility index (Phi) is 9.22. The van der Waals surface area contributed by atoms with Crippen LogP contribution in [0.4, 0.5) is 5.69 Å². The lowest BCUT2D eigenvalue weighted by Crippen LogP contribution is -2.35. The highest BCUT2D eigenvalue weighted by Gasteiger charge is 2.27. The van der Waals surface area contributed by atoms with Gasteiger partial charge in [0, 0.05) is 41.3 Å². The van der Waals surface area contributed by atoms with Gasteiger partial charge in [0.05, 0.1) is 17.2 Å². The molecule has 0 spiro atoms. The minimum absolute atomic E-state index is 0.113. The lowest BCUT2D eigenvalue weighted by molar-refractivity contribution is -0.110. The molecule has 0 bridgehead atoms. The highest BCUT2D eigenvalue weighted by atomic mass is 16.2. The van der Waals surface area contributed by atoms with Gasteiger partial charge in [-0.3, -0.25) is 14.4 Å². The molecule has 1 aliphatic heterocycles. The predicted octanol–water partition coefficient (Wildman–Crippen LogP) is 5.08. The first-order chi connectivity index (χ1) is 19.3. The molecule has 8 heteroatoms. The molecule has 1 aromatic heterocycles. The number of carbonyl (C=O) groups is 3. The lowest BCUT2D eigenvalue weighted by Gasteiger charge is -2.18. The molecular formula is C32H39N5O3. The molecule has 0 saturated heterocycles. The summed E-state index contributed by atoms with van der Waals surface area (Å²) in [7, 11) is 0. The summed E-state index contributed by atoms with van der Waals surface area (Å²) in [5, 5.41) is 9.02. The van der Waals surface area contributed by atoms with Crippen LogP contribution in [0, 0.1) is 13.8 Å². The summed E-state index contributed by atoms with van der Waals surface area (Å²) in [6.45, 7) is 13.2. The fourth-order valence-electron chi connectivity index (χ4n) is 5.18. The maximum Gasteiger partial charge on any atom is 0.256 e. The van der Waals surface area contributed by atoms with Gasteiger partial charge in [-0.15, -0.1) is 0 Å². The largest absolute Gasteiger partial charge is 0.358 e. The summed E-state index contributed by atoms with van der Waals surface area (Å²) in [4.78, 5) is 44.7. The first kappa shape index (κ1) is 28.8. The van der Waals surface area contributed by atoms with Crippen LogP contribution in [-0.4, -0.2) is 53.8 Å². The second kappa shape index (κ2) is 12.8. The number of nitrogens with one attached hydrogen (secondary N) is 4. The Morgan fingerprint density at radius 1 is 1.00 bits per heavy atom. The second-order valence-corrected chi connectivity index (χ2v) is 10.1. The van der Waals surface area contributed by atoms with Gasteiger partial charge >= 0.3 is 0 Å². The van der Waals surface area contributed by atoms with Crippen molar-refractivity contribution in [3.05, 3.63) is 87.7 Å². The van der Waals surface area contributed by atoms with E-state index in [1.807, 2.05) is 51.1 Å². The smallest absolute Gasteiger partial charge is 0.256 e. The Morgan fingerprint density at radius 2 is 1.73 bits per heavy atom. The van der Waals surface area contributed by atoms with Gasteiger partial charge in [0.15, 0.2) is 0 Å². The summed E-state index contributed by atoms with van der Waals surface area (Å²) >= 11 is 0. The summed E-state index contributed by atoms with van der Waals surface area (Å²) in [6, 6.07) is 15.0. The van der Waals surface area contributed by atoms with E-state index in [0.29, 0.717) is 40.2 Å². The van der Waals surface area contributed by atoms with Gasteiger partial charge in [-0.25, -0.2) is 0 Å². The molecule has 0 saturated carbocycles. The van der Waals surface area contributed by atoms with Gasteiger partial charge in [0.2, 0.25) is 0 Å². The molecule has 0 unspecified atom stereocenters. The summed E-state index contributed by atoms with van der Waals surface area (Å²) in [5.41, 5.74) is 6.06. The molecule has 0 fully saturated rings. The zero-order chi connectivity index (χ0) is 28.8. The van der Waals surface area contributed by atoms with Gasteiger partial charge < -0.3 is 25.8 Å². The summed E-state index contributed by atoms with van der Waals surface area (Å²) in [6.07, 6.45) is 2.51. The quantitative estimate of drug-likeness (QED) is 0.254. The molecule has 2 aromatic carbocycles. The van der Waals surface area contributed by atoms with Crippen LogP contribution in [0.25, 0.3) is 11.6 Å². The zero-order valence-electron chi connectivity index (χ0n) is 24.0. The molecule has 8 nitrogen and oxygen atoms in total. The molecule has 0 aliphatic carbocycles. The molecule has 210 valence electrons. The SMILES string of the molecule is CC[C@@H](NC(=O)c1ccc2c(c1)/C(=C/c1[nH]c(C)c(C(=O)NCCN(CC)CC)c1C)C(=O)N2)c1ccccc1. The van der Waals surface area contributed by atoms with Crippen LogP contribution >= 0.6 is 0 Å². The van der Waals surface area contributed by atoms with Crippen molar-refractivity contribution in [2.24, 2.45) is 0 Å². The standard InChI is InChI=1S/C32H39N5O3/c1-6-26(22-12-10-9-11-13-22)35-30(38)23-14-15-27-24(18-23)25(31(39)36-27)19-28-20(4)29(21(5)34-28)32(40)33-16-17-37(7-2)8-3/h9-15,18-19,26,34H,6-8,16-17H2,1-5H3,(H,33,40)(H,35,38)(H,36,39)/b25-19-/t26-/m1/s1. The molecule has 4 N–H and O–H groups in total. The number of aromatic nitrogens is 1.